The Bertz CT molecular complexity index is 796. The molecule has 27 heavy (non-hydrogen) atoms. The summed E-state index contributed by atoms with van der Waals surface area (Å²) in [7, 11) is 0. The van der Waals surface area contributed by atoms with Gasteiger partial charge in [0, 0.05) is 5.56 Å². The van der Waals surface area contributed by atoms with Crippen molar-refractivity contribution in [2.45, 2.75) is 13.5 Å². The maximum absolute atomic E-state index is 12.4. The molecule has 2 amide bonds. The minimum Gasteiger partial charge on any atom is -0.366 e. The van der Waals surface area contributed by atoms with Crippen molar-refractivity contribution in [1.82, 2.24) is 0 Å². The van der Waals surface area contributed by atoms with E-state index >= 15 is 0 Å². The third-order valence-electron chi connectivity index (χ3n) is 5.12. The van der Waals surface area contributed by atoms with Gasteiger partial charge < -0.3 is 20.9 Å². The fraction of sp³-hybridized carbons (Fsp3) is 0.333. The summed E-state index contributed by atoms with van der Waals surface area (Å²) in [6, 6.07) is 15.6. The van der Waals surface area contributed by atoms with E-state index in [1.54, 1.807) is 29.2 Å². The van der Waals surface area contributed by atoms with Gasteiger partial charge in [-0.2, -0.15) is 0 Å². The molecule has 3 rings (SSSR count). The van der Waals surface area contributed by atoms with E-state index in [2.05, 4.69) is 36.5 Å². The molecule has 1 heterocycles. The van der Waals surface area contributed by atoms with E-state index in [1.165, 1.54) is 16.0 Å². The summed E-state index contributed by atoms with van der Waals surface area (Å²) in [6.07, 6.45) is 0. The van der Waals surface area contributed by atoms with Crippen molar-refractivity contribution >= 4 is 17.5 Å². The monoisotopic (exact) mass is 368 g/mol. The van der Waals surface area contributed by atoms with E-state index in [0.29, 0.717) is 17.8 Å². The number of carbonyl (C=O) groups excluding carboxylic acids is 2. The number of hydrogen-bond donors (Lipinski definition) is 4. The summed E-state index contributed by atoms with van der Waals surface area (Å²) >= 11 is 0. The van der Waals surface area contributed by atoms with E-state index in [0.717, 1.165) is 32.7 Å². The summed E-state index contributed by atoms with van der Waals surface area (Å²) in [5.74, 6) is -0.618. The smallest absolute Gasteiger partial charge is 0.279 e. The standard InChI is InChI=1S/C21H26N4O2/c1-16-6-8-17(9-7-16)14-24-10-12-25(13-11-24)15-20(26)23-19-5-3-2-4-18(19)21(22)27/h2-9H,10-15H2,1H3,(H2,22,27)(H,23,26)/p+2. The van der Waals surface area contributed by atoms with Crippen LogP contribution >= 0.6 is 0 Å². The molecule has 0 aromatic heterocycles. The van der Waals surface area contributed by atoms with Gasteiger partial charge in [-0.1, -0.05) is 42.0 Å². The van der Waals surface area contributed by atoms with Gasteiger partial charge in [-0.05, 0) is 19.1 Å². The van der Waals surface area contributed by atoms with Crippen molar-refractivity contribution in [3.05, 3.63) is 65.2 Å². The first kappa shape index (κ1) is 19.1. The Balaban J connectivity index is 1.47. The number of nitrogens with one attached hydrogen (secondary N) is 3. The van der Waals surface area contributed by atoms with Crippen LogP contribution in [-0.2, 0) is 11.3 Å². The number of rotatable bonds is 6. The van der Waals surface area contributed by atoms with E-state index in [-0.39, 0.29) is 5.91 Å². The molecule has 0 bridgehead atoms. The predicted octanol–water partition coefficient (Wildman–Crippen LogP) is -0.984. The lowest BCUT2D eigenvalue weighted by Gasteiger charge is -2.29. The van der Waals surface area contributed by atoms with Gasteiger partial charge in [-0.15, -0.1) is 0 Å². The highest BCUT2D eigenvalue weighted by molar-refractivity contribution is 6.03. The molecule has 1 saturated heterocycles. The number of primary amides is 1. The lowest BCUT2D eigenvalue weighted by Crippen LogP contribution is -3.28. The first-order valence-corrected chi connectivity index (χ1v) is 9.42. The number of para-hydroxylation sites is 1. The maximum atomic E-state index is 12.4. The van der Waals surface area contributed by atoms with Crippen LogP contribution in [0.2, 0.25) is 0 Å². The maximum Gasteiger partial charge on any atom is 0.279 e. The number of aryl methyl sites for hydroxylation is 1. The zero-order valence-electron chi connectivity index (χ0n) is 15.8. The number of piperazine rings is 1. The Morgan fingerprint density at radius 3 is 2.26 bits per heavy atom. The van der Waals surface area contributed by atoms with Crippen LogP contribution in [-0.4, -0.2) is 44.5 Å². The Morgan fingerprint density at radius 2 is 1.59 bits per heavy atom. The van der Waals surface area contributed by atoms with Crippen molar-refractivity contribution in [3.63, 3.8) is 0 Å². The van der Waals surface area contributed by atoms with Crippen LogP contribution in [0.15, 0.2) is 48.5 Å². The van der Waals surface area contributed by atoms with Crippen molar-refractivity contribution in [2.24, 2.45) is 5.73 Å². The van der Waals surface area contributed by atoms with Crippen molar-refractivity contribution in [1.29, 1.82) is 0 Å². The molecular weight excluding hydrogens is 340 g/mol. The zero-order chi connectivity index (χ0) is 19.2. The zero-order valence-corrected chi connectivity index (χ0v) is 15.8. The molecule has 0 radical (unpaired) electrons. The van der Waals surface area contributed by atoms with Crippen LogP contribution in [0, 0.1) is 6.92 Å². The molecule has 0 unspecified atom stereocenters. The van der Waals surface area contributed by atoms with Gasteiger partial charge in [0.05, 0.1) is 11.3 Å². The first-order chi connectivity index (χ1) is 13.0. The molecule has 2 aromatic rings. The number of amides is 2. The SMILES string of the molecule is Cc1ccc(C[NH+]2CC[NH+](CC(=O)Nc3ccccc3C(N)=O)CC2)cc1. The summed E-state index contributed by atoms with van der Waals surface area (Å²) in [4.78, 5) is 26.7. The number of anilines is 1. The number of nitrogens with two attached hydrogens (primary N) is 1. The molecular formula is C21H28N4O2+2. The average molecular weight is 368 g/mol. The number of hydrogen-bond acceptors (Lipinski definition) is 2. The van der Waals surface area contributed by atoms with Crippen molar-refractivity contribution < 1.29 is 19.4 Å². The topological polar surface area (TPSA) is 81.1 Å². The minimum atomic E-state index is -0.536. The minimum absolute atomic E-state index is 0.0827. The molecule has 142 valence electrons. The van der Waals surface area contributed by atoms with Gasteiger partial charge in [-0.25, -0.2) is 0 Å². The molecule has 1 aliphatic rings. The van der Waals surface area contributed by atoms with Crippen LogP contribution in [0.3, 0.4) is 0 Å². The Kier molecular flexibility index (Phi) is 6.21. The molecule has 2 aromatic carbocycles. The van der Waals surface area contributed by atoms with E-state index in [4.69, 9.17) is 5.73 Å². The van der Waals surface area contributed by atoms with Crippen LogP contribution in [0.5, 0.6) is 0 Å². The third-order valence-corrected chi connectivity index (χ3v) is 5.12. The highest BCUT2D eigenvalue weighted by Crippen LogP contribution is 2.13. The molecule has 0 atom stereocenters. The number of carbonyl (C=O) groups is 2. The van der Waals surface area contributed by atoms with Gasteiger partial charge in [0.15, 0.2) is 6.54 Å². The fourth-order valence-electron chi connectivity index (χ4n) is 3.53. The lowest BCUT2D eigenvalue weighted by atomic mass is 10.1. The van der Waals surface area contributed by atoms with E-state index in [9.17, 15) is 9.59 Å². The van der Waals surface area contributed by atoms with Crippen LogP contribution < -0.4 is 20.9 Å². The summed E-state index contributed by atoms with van der Waals surface area (Å²) < 4.78 is 0. The van der Waals surface area contributed by atoms with Crippen molar-refractivity contribution in [3.8, 4) is 0 Å². The highest BCUT2D eigenvalue weighted by atomic mass is 16.2. The van der Waals surface area contributed by atoms with Crippen LogP contribution in [0.4, 0.5) is 5.69 Å². The summed E-state index contributed by atoms with van der Waals surface area (Å²) in [5.41, 5.74) is 8.83. The van der Waals surface area contributed by atoms with Gasteiger partial charge in [0.25, 0.3) is 11.8 Å². The molecule has 0 spiro atoms. The van der Waals surface area contributed by atoms with E-state index < -0.39 is 5.91 Å². The lowest BCUT2D eigenvalue weighted by molar-refractivity contribution is -1.02. The van der Waals surface area contributed by atoms with Gasteiger partial charge in [-0.3, -0.25) is 9.59 Å². The van der Waals surface area contributed by atoms with Gasteiger partial charge in [0.2, 0.25) is 0 Å². The second kappa shape index (κ2) is 8.79. The second-order valence-electron chi connectivity index (χ2n) is 7.30. The van der Waals surface area contributed by atoms with Gasteiger partial charge >= 0.3 is 0 Å². The van der Waals surface area contributed by atoms with Crippen molar-refractivity contribution in [2.75, 3.05) is 38.0 Å². The average Bonchev–Trinajstić information content (AvgIpc) is 2.65. The molecule has 5 N–H and O–H groups in total. The van der Waals surface area contributed by atoms with E-state index in [1.807, 2.05) is 0 Å². The molecule has 0 aliphatic carbocycles. The van der Waals surface area contributed by atoms with Gasteiger partial charge in [0.1, 0.15) is 32.7 Å². The predicted molar refractivity (Wildman–Crippen MR) is 105 cm³/mol. The van der Waals surface area contributed by atoms with Crippen LogP contribution in [0.1, 0.15) is 21.5 Å². The highest BCUT2D eigenvalue weighted by Gasteiger charge is 2.25. The normalized spacial score (nSPS) is 19.4. The molecule has 6 heteroatoms. The quantitative estimate of drug-likeness (QED) is 0.529. The number of quaternary nitrogens is 2. The number of benzene rings is 2. The summed E-state index contributed by atoms with van der Waals surface area (Å²) in [5, 5.41) is 2.83. The first-order valence-electron chi connectivity index (χ1n) is 9.42. The Morgan fingerprint density at radius 1 is 0.963 bits per heavy atom. The molecule has 6 nitrogen and oxygen atoms in total. The fourth-order valence-corrected chi connectivity index (χ4v) is 3.53. The Labute approximate surface area is 159 Å². The second-order valence-corrected chi connectivity index (χ2v) is 7.30. The van der Waals surface area contributed by atoms with Crippen LogP contribution in [0.25, 0.3) is 0 Å². The summed E-state index contributed by atoms with van der Waals surface area (Å²) in [6.45, 7) is 7.57. The molecule has 1 fully saturated rings. The largest absolute Gasteiger partial charge is 0.366 e. The third kappa shape index (κ3) is 5.39. The Hall–Kier alpha value is -2.70. The molecule has 0 saturated carbocycles. The molecule has 1 aliphatic heterocycles.